The summed E-state index contributed by atoms with van der Waals surface area (Å²) in [6.45, 7) is 3.27. The molecule has 1 aromatic carbocycles. The van der Waals surface area contributed by atoms with Gasteiger partial charge in [0.1, 0.15) is 11.5 Å². The Morgan fingerprint density at radius 2 is 2.03 bits per heavy atom. The molecule has 3 rings (SSSR count). The van der Waals surface area contributed by atoms with Crippen LogP contribution in [0, 0.1) is 6.92 Å². The number of hydrogen-bond acceptors (Lipinski definition) is 5. The van der Waals surface area contributed by atoms with Gasteiger partial charge in [0.05, 0.1) is 5.69 Å². The fourth-order valence-corrected chi connectivity index (χ4v) is 3.44. The van der Waals surface area contributed by atoms with Crippen molar-refractivity contribution in [2.45, 2.75) is 26.6 Å². The largest absolute Gasteiger partial charge is 0.434 e. The predicted molar refractivity (Wildman–Crippen MR) is 122 cm³/mol. The number of alkyl halides is 2. The number of guanidine groups is 1. The third-order valence-electron chi connectivity index (χ3n) is 4.62. The maximum atomic E-state index is 12.6. The van der Waals surface area contributed by atoms with Gasteiger partial charge in [0.2, 0.25) is 0 Å². The van der Waals surface area contributed by atoms with E-state index < -0.39 is 6.61 Å². The van der Waals surface area contributed by atoms with Crippen LogP contribution in [0.25, 0.3) is 0 Å². The van der Waals surface area contributed by atoms with Crippen LogP contribution in [-0.2, 0) is 13.1 Å². The minimum absolute atomic E-state index is 0. The number of benzene rings is 1. The highest BCUT2D eigenvalue weighted by Gasteiger charge is 2.21. The van der Waals surface area contributed by atoms with Gasteiger partial charge in [-0.15, -0.1) is 24.0 Å². The molecule has 7 nitrogen and oxygen atoms in total. The van der Waals surface area contributed by atoms with Crippen molar-refractivity contribution in [3.63, 3.8) is 0 Å². The molecule has 30 heavy (non-hydrogen) atoms. The fourth-order valence-electron chi connectivity index (χ4n) is 3.24. The van der Waals surface area contributed by atoms with Crippen LogP contribution < -0.4 is 10.1 Å². The maximum Gasteiger partial charge on any atom is 0.387 e. The highest BCUT2D eigenvalue weighted by molar-refractivity contribution is 14.0. The number of aliphatic imine (C=N–C) groups is 1. The number of hydrogen-bond donors (Lipinski definition) is 1. The molecule has 11 heteroatoms. The van der Waals surface area contributed by atoms with Crippen LogP contribution >= 0.6 is 35.6 Å². The molecule has 2 aromatic rings. The molecule has 0 aliphatic carbocycles. The Kier molecular flexibility index (Phi) is 9.56. The summed E-state index contributed by atoms with van der Waals surface area (Å²) in [5.41, 5.74) is 1.46. The Bertz CT molecular complexity index is 844. The van der Waals surface area contributed by atoms with E-state index in [1.54, 1.807) is 13.1 Å². The molecule has 0 radical (unpaired) electrons. The van der Waals surface area contributed by atoms with Crippen molar-refractivity contribution in [1.82, 2.24) is 20.3 Å². The van der Waals surface area contributed by atoms with Crippen molar-refractivity contribution in [1.29, 1.82) is 0 Å². The monoisotopic (exact) mass is 555 g/mol. The molecular weight excluding hydrogens is 531 g/mol. The van der Waals surface area contributed by atoms with Gasteiger partial charge >= 0.3 is 6.61 Å². The lowest BCUT2D eigenvalue weighted by molar-refractivity contribution is -0.0504. The van der Waals surface area contributed by atoms with Gasteiger partial charge in [-0.25, -0.2) is 0 Å². The molecule has 2 heterocycles. The summed E-state index contributed by atoms with van der Waals surface area (Å²) >= 11 is 6.01. The molecule has 1 aromatic heterocycles. The molecule has 0 amide bonds. The normalized spacial score (nSPS) is 15.3. The second-order valence-corrected chi connectivity index (χ2v) is 7.16. The number of ether oxygens (including phenoxy) is 1. The van der Waals surface area contributed by atoms with E-state index in [2.05, 4.69) is 30.0 Å². The van der Waals surface area contributed by atoms with E-state index in [1.807, 2.05) is 13.0 Å². The predicted octanol–water partition coefficient (Wildman–Crippen LogP) is 3.75. The van der Waals surface area contributed by atoms with E-state index >= 15 is 0 Å². The van der Waals surface area contributed by atoms with E-state index in [-0.39, 0.29) is 36.3 Å². The molecule has 0 spiro atoms. The molecule has 0 bridgehead atoms. The van der Waals surface area contributed by atoms with E-state index in [0.29, 0.717) is 16.5 Å². The second-order valence-electron chi connectivity index (χ2n) is 6.72. The first-order valence-electron chi connectivity index (χ1n) is 9.28. The van der Waals surface area contributed by atoms with E-state index in [0.717, 1.165) is 44.2 Å². The zero-order valence-corrected chi connectivity index (χ0v) is 19.9. The zero-order chi connectivity index (χ0) is 20.8. The van der Waals surface area contributed by atoms with Gasteiger partial charge < -0.3 is 19.5 Å². The Morgan fingerprint density at radius 3 is 2.63 bits per heavy atom. The molecule has 1 fully saturated rings. The maximum absolute atomic E-state index is 12.6. The number of aromatic nitrogens is 1. The lowest BCUT2D eigenvalue weighted by atomic mass is 10.2. The molecule has 0 saturated carbocycles. The second kappa shape index (κ2) is 11.7. The molecule has 1 N–H and O–H groups in total. The Morgan fingerprint density at radius 1 is 1.30 bits per heavy atom. The van der Waals surface area contributed by atoms with E-state index in [1.165, 1.54) is 12.1 Å². The summed E-state index contributed by atoms with van der Waals surface area (Å²) in [6, 6.07) is 6.51. The number of nitrogens with zero attached hydrogens (tertiary/aromatic N) is 4. The Balaban J connectivity index is 0.00000320. The summed E-state index contributed by atoms with van der Waals surface area (Å²) in [5, 5.41) is 7.70. The average Bonchev–Trinajstić information content (AvgIpc) is 3.10. The van der Waals surface area contributed by atoms with Gasteiger partial charge in [0.25, 0.3) is 0 Å². The Labute approximate surface area is 196 Å². The number of rotatable bonds is 6. The van der Waals surface area contributed by atoms with Gasteiger partial charge in [0, 0.05) is 63.0 Å². The summed E-state index contributed by atoms with van der Waals surface area (Å²) in [5.74, 6) is 1.60. The number of aryl methyl sites for hydroxylation is 1. The molecular formula is C19H25ClF2IN5O2. The van der Waals surface area contributed by atoms with Crippen LogP contribution in [0.3, 0.4) is 0 Å². The third kappa shape index (κ3) is 6.95. The molecule has 0 atom stereocenters. The molecule has 1 aliphatic rings. The van der Waals surface area contributed by atoms with Crippen LogP contribution in [-0.4, -0.2) is 60.8 Å². The van der Waals surface area contributed by atoms with Crippen LogP contribution in [0.15, 0.2) is 33.8 Å². The number of halogens is 4. The molecule has 0 unspecified atom stereocenters. The summed E-state index contributed by atoms with van der Waals surface area (Å²) in [6.07, 6.45) is 0. The highest BCUT2D eigenvalue weighted by Crippen LogP contribution is 2.24. The van der Waals surface area contributed by atoms with Gasteiger partial charge in [-0.2, -0.15) is 8.78 Å². The van der Waals surface area contributed by atoms with Crippen LogP contribution in [0.1, 0.15) is 17.0 Å². The smallest absolute Gasteiger partial charge is 0.387 e. The van der Waals surface area contributed by atoms with Gasteiger partial charge in [-0.05, 0) is 25.1 Å². The molecule has 166 valence electrons. The lowest BCUT2D eigenvalue weighted by Gasteiger charge is -2.36. The van der Waals surface area contributed by atoms with E-state index in [4.69, 9.17) is 16.1 Å². The first-order chi connectivity index (χ1) is 13.9. The van der Waals surface area contributed by atoms with Crippen LogP contribution in [0.2, 0.25) is 5.02 Å². The standard InChI is InChI=1S/C19H24ClF2N5O2.HI/c1-13-9-16(25-29-13)12-26-5-7-27(8-6-26)19(23-2)24-11-14-10-15(20)3-4-17(14)28-18(21)22;/h3-4,9-10,18H,5-8,11-12H2,1-2H3,(H,23,24);1H. The minimum Gasteiger partial charge on any atom is -0.434 e. The zero-order valence-electron chi connectivity index (χ0n) is 16.8. The minimum atomic E-state index is -2.89. The highest BCUT2D eigenvalue weighted by atomic mass is 127. The SMILES string of the molecule is CN=C(NCc1cc(Cl)ccc1OC(F)F)N1CCN(Cc2cc(C)on2)CC1.I. The van der Waals surface area contributed by atoms with Gasteiger partial charge in [-0.1, -0.05) is 16.8 Å². The average molecular weight is 556 g/mol. The van der Waals surface area contributed by atoms with E-state index in [9.17, 15) is 8.78 Å². The number of piperazine rings is 1. The van der Waals surface area contributed by atoms with Crippen LogP contribution in [0.5, 0.6) is 5.75 Å². The van der Waals surface area contributed by atoms with Crippen LogP contribution in [0.4, 0.5) is 8.78 Å². The van der Waals surface area contributed by atoms with Crippen molar-refractivity contribution < 1.29 is 18.0 Å². The summed E-state index contributed by atoms with van der Waals surface area (Å²) in [7, 11) is 1.70. The lowest BCUT2D eigenvalue weighted by Crippen LogP contribution is -2.52. The fraction of sp³-hybridized carbons (Fsp3) is 0.474. The summed E-state index contributed by atoms with van der Waals surface area (Å²) < 4.78 is 35.0. The Hall–Kier alpha value is -1.66. The number of nitrogens with one attached hydrogen (secondary N) is 1. The van der Waals surface area contributed by atoms with Crippen molar-refractivity contribution in [2.24, 2.45) is 4.99 Å². The third-order valence-corrected chi connectivity index (χ3v) is 4.86. The van der Waals surface area contributed by atoms with Crippen molar-refractivity contribution >= 4 is 41.5 Å². The molecule has 1 aliphatic heterocycles. The van der Waals surface area contributed by atoms with Gasteiger partial charge in [-0.3, -0.25) is 9.89 Å². The van der Waals surface area contributed by atoms with Crippen molar-refractivity contribution in [3.8, 4) is 5.75 Å². The van der Waals surface area contributed by atoms with Crippen molar-refractivity contribution in [3.05, 3.63) is 46.3 Å². The summed E-state index contributed by atoms with van der Waals surface area (Å²) in [4.78, 5) is 8.74. The first-order valence-corrected chi connectivity index (χ1v) is 9.66. The molecule has 1 saturated heterocycles. The first kappa shape index (κ1) is 24.6. The topological polar surface area (TPSA) is 66.1 Å². The quantitative estimate of drug-likeness (QED) is 0.333. The van der Waals surface area contributed by atoms with Gasteiger partial charge in [0.15, 0.2) is 5.96 Å². The van der Waals surface area contributed by atoms with Crippen molar-refractivity contribution in [2.75, 3.05) is 33.2 Å².